The molecule has 1 spiro atoms. The number of hydrogen-bond donors (Lipinski definition) is 1. The number of pyridine rings is 1. The van der Waals surface area contributed by atoms with Gasteiger partial charge in [-0.05, 0) is 105 Å². The molecule has 0 atom stereocenters. The molecule has 1 N–H and O–H groups in total. The van der Waals surface area contributed by atoms with Crippen LogP contribution in [-0.2, 0) is 30.3 Å². The fourth-order valence-electron chi connectivity index (χ4n) is 9.13. The average Bonchev–Trinajstić information content (AvgIpc) is 3.54. The van der Waals surface area contributed by atoms with E-state index in [2.05, 4.69) is 89.2 Å². The maximum atomic E-state index is 11.9. The van der Waals surface area contributed by atoms with Gasteiger partial charge in [-0.1, -0.05) is 94.2 Å². The topological polar surface area (TPSA) is 50.2 Å². The fourth-order valence-corrected chi connectivity index (χ4v) is 9.13. The molecule has 281 valence electrons. The third-order valence-corrected chi connectivity index (χ3v) is 11.9. The quantitative estimate of drug-likeness (QED) is 0.126. The van der Waals surface area contributed by atoms with E-state index in [1.54, 1.807) is 0 Å². The molecule has 0 bridgehead atoms. The van der Waals surface area contributed by atoms with Gasteiger partial charge in [0.1, 0.15) is 0 Å². The molecule has 4 aromatic rings. The summed E-state index contributed by atoms with van der Waals surface area (Å²) in [7, 11) is 0. The van der Waals surface area contributed by atoms with Gasteiger partial charge < -0.3 is 5.11 Å². The van der Waals surface area contributed by atoms with Gasteiger partial charge in [-0.25, -0.2) is 0 Å². The Kier molecular flexibility index (Phi) is 12.5. The van der Waals surface area contributed by atoms with Crippen molar-refractivity contribution in [2.75, 3.05) is 0 Å². The zero-order chi connectivity index (χ0) is 36.6. The molecule has 1 heterocycles. The van der Waals surface area contributed by atoms with E-state index in [1.807, 2.05) is 0 Å². The summed E-state index contributed by atoms with van der Waals surface area (Å²) < 4.78 is 35.7. The second kappa shape index (κ2) is 16.1. The summed E-state index contributed by atoms with van der Waals surface area (Å²) >= 11 is 0. The van der Waals surface area contributed by atoms with Crippen molar-refractivity contribution in [1.29, 1.82) is 0 Å². The Hall–Kier alpha value is -3.02. The number of rotatable bonds is 4. The van der Waals surface area contributed by atoms with Crippen LogP contribution < -0.4 is 0 Å². The number of aryl methyl sites for hydroxylation is 2. The van der Waals surface area contributed by atoms with Crippen LogP contribution in [0, 0.1) is 31.2 Å². The molecular formula is C45H53F3IrNO2-. The van der Waals surface area contributed by atoms with E-state index in [0.717, 1.165) is 36.0 Å². The number of aromatic nitrogens is 1. The molecule has 3 saturated carbocycles. The number of aliphatic hydroxyl groups is 1. The van der Waals surface area contributed by atoms with Gasteiger partial charge in [-0.15, -0.1) is 29.1 Å². The molecule has 3 nitrogen and oxygen atoms in total. The molecule has 1 aromatic heterocycles. The number of benzene rings is 3. The minimum Gasteiger partial charge on any atom is -0.504 e. The Bertz CT molecular complexity index is 1920. The molecule has 1 radical (unpaired) electrons. The molecule has 52 heavy (non-hydrogen) atoms. The Morgan fingerprint density at radius 3 is 2.17 bits per heavy atom. The van der Waals surface area contributed by atoms with Crippen molar-refractivity contribution < 1.29 is 43.2 Å². The average molecular weight is 889 g/mol. The first-order valence-electron chi connectivity index (χ1n) is 19.0. The molecule has 7 heteroatoms. The normalized spacial score (nSPS) is 18.7. The second-order valence-corrected chi connectivity index (χ2v) is 16.7. The Morgan fingerprint density at radius 1 is 0.885 bits per heavy atom. The van der Waals surface area contributed by atoms with Crippen LogP contribution in [0.4, 0.5) is 13.2 Å². The third-order valence-electron chi connectivity index (χ3n) is 11.9. The minimum absolute atomic E-state index is 0. The largest absolute Gasteiger partial charge is 0.504 e. The van der Waals surface area contributed by atoms with Crippen LogP contribution in [0.3, 0.4) is 0 Å². The van der Waals surface area contributed by atoms with E-state index in [0.29, 0.717) is 30.3 Å². The Morgan fingerprint density at radius 2 is 1.54 bits per heavy atom. The van der Waals surface area contributed by atoms with Crippen molar-refractivity contribution in [3.8, 4) is 11.3 Å². The summed E-state index contributed by atoms with van der Waals surface area (Å²) in [5.41, 5.74) is 9.64. The molecule has 0 unspecified atom stereocenters. The number of aliphatic hydroxyl groups excluding tert-OH is 1. The van der Waals surface area contributed by atoms with E-state index in [1.165, 1.54) is 89.8 Å². The zero-order valence-electron chi connectivity index (χ0n) is 31.3. The van der Waals surface area contributed by atoms with Crippen molar-refractivity contribution in [2.45, 2.75) is 136 Å². The van der Waals surface area contributed by atoms with Crippen molar-refractivity contribution >= 4 is 27.5 Å². The summed E-state index contributed by atoms with van der Waals surface area (Å²) in [6.07, 6.45) is 10.8. The van der Waals surface area contributed by atoms with Gasteiger partial charge >= 0.3 is 6.18 Å². The molecule has 0 amide bonds. The van der Waals surface area contributed by atoms with Gasteiger partial charge in [0.15, 0.2) is 5.78 Å². The molecule has 3 fully saturated rings. The van der Waals surface area contributed by atoms with E-state index in [4.69, 9.17) is 10.1 Å². The molecule has 3 aliphatic rings. The van der Waals surface area contributed by atoms with Crippen LogP contribution >= 0.6 is 0 Å². The molecular weight excluding hydrogens is 836 g/mol. The number of hydrogen-bond acceptors (Lipinski definition) is 3. The van der Waals surface area contributed by atoms with Gasteiger partial charge in [0.25, 0.3) is 0 Å². The van der Waals surface area contributed by atoms with Gasteiger partial charge in [0, 0.05) is 43.2 Å². The summed E-state index contributed by atoms with van der Waals surface area (Å²) in [6.45, 7) is 11.4. The summed E-state index contributed by atoms with van der Waals surface area (Å²) in [5.74, 6) is -2.12. The first-order valence-corrected chi connectivity index (χ1v) is 19.0. The molecule has 3 aromatic carbocycles. The van der Waals surface area contributed by atoms with E-state index in [9.17, 15) is 18.0 Å². The number of alkyl halides is 3. The van der Waals surface area contributed by atoms with Gasteiger partial charge in [-0.2, -0.15) is 13.2 Å². The summed E-state index contributed by atoms with van der Waals surface area (Å²) in [5, 5.41) is 12.5. The molecule has 0 saturated heterocycles. The molecule has 0 aliphatic heterocycles. The number of ketones is 1. The third kappa shape index (κ3) is 9.01. The molecule has 3 aliphatic carbocycles. The van der Waals surface area contributed by atoms with Gasteiger partial charge in [0.2, 0.25) is 5.76 Å². The van der Waals surface area contributed by atoms with Gasteiger partial charge in [0.05, 0.1) is 5.52 Å². The predicted octanol–water partition coefficient (Wildman–Crippen LogP) is 13.1. The van der Waals surface area contributed by atoms with Crippen molar-refractivity contribution in [2.24, 2.45) is 11.3 Å². The number of halogens is 3. The van der Waals surface area contributed by atoms with Crippen LogP contribution in [0.15, 0.2) is 60.4 Å². The Labute approximate surface area is 321 Å². The zero-order valence-corrected chi connectivity index (χ0v) is 33.7. The predicted molar refractivity (Wildman–Crippen MR) is 202 cm³/mol. The maximum Gasteiger partial charge on any atom is 0.448 e. The van der Waals surface area contributed by atoms with Gasteiger partial charge in [-0.3, -0.25) is 9.78 Å². The number of nitrogens with zero attached hydrogens (tertiary/aromatic N) is 1. The van der Waals surface area contributed by atoms with E-state index < -0.39 is 17.7 Å². The standard InChI is InChI=1S/C35H40N.C10H13F3O2.Ir/c1-23-18-24(2)33-29(25-12-16-35(17-13-25)14-8-9-15-35)22-31(36-32(33)19-23)27-20-26-10-6-7-11-28(26)30(21-27)34(3,4)5;11-10(12,13)9(15)6-8(14)7-4-2-1-3-5-7;/h6-7,10-11,18-19,21-22,25H,8-9,12-17H2,1-5H3;6-7,15H,1-5H2;/q-1;;/b;9-6-;. The monoisotopic (exact) mass is 889 g/mol. The van der Waals surface area contributed by atoms with Crippen LogP contribution in [0.1, 0.15) is 132 Å². The first kappa shape index (κ1) is 40.2. The SMILES string of the molecule is Cc1cc(C)c2c(C3CCC4(CCCC4)CC3)cc(-c3[c-]c4ccccc4c(C(C)(C)C)c3)nc2c1.O=C(/C=C(\O)C(F)(F)F)C1CCCCC1.[Ir]. The number of fused-ring (bicyclic) bond motifs is 2. The van der Waals surface area contributed by atoms with Crippen molar-refractivity contribution in [1.82, 2.24) is 4.98 Å². The number of allylic oxidation sites excluding steroid dienone is 2. The van der Waals surface area contributed by atoms with E-state index in [-0.39, 0.29) is 31.4 Å². The smallest absolute Gasteiger partial charge is 0.448 e. The minimum atomic E-state index is -4.82. The summed E-state index contributed by atoms with van der Waals surface area (Å²) in [6, 6.07) is 21.9. The van der Waals surface area contributed by atoms with Crippen LogP contribution in [-0.4, -0.2) is 22.1 Å². The van der Waals surface area contributed by atoms with Crippen LogP contribution in [0.5, 0.6) is 0 Å². The summed E-state index contributed by atoms with van der Waals surface area (Å²) in [4.78, 5) is 16.6. The van der Waals surface area contributed by atoms with Crippen molar-refractivity contribution in [3.05, 3.63) is 88.7 Å². The number of carbonyl (C=O) groups is 1. The second-order valence-electron chi connectivity index (χ2n) is 16.7. The van der Waals surface area contributed by atoms with Crippen LogP contribution in [0.2, 0.25) is 0 Å². The fraction of sp³-hybridized carbons (Fsp3) is 0.511. The van der Waals surface area contributed by atoms with Crippen molar-refractivity contribution in [3.63, 3.8) is 0 Å². The van der Waals surface area contributed by atoms with E-state index >= 15 is 0 Å². The molecule has 7 rings (SSSR count). The first-order chi connectivity index (χ1) is 24.1. The Balaban J connectivity index is 0.000000277. The number of carbonyl (C=O) groups excluding carboxylic acids is 1. The van der Waals surface area contributed by atoms with Crippen LogP contribution in [0.25, 0.3) is 32.9 Å². The maximum absolute atomic E-state index is 11.9.